The lowest BCUT2D eigenvalue weighted by Crippen LogP contribution is -2.52. The van der Waals surface area contributed by atoms with Crippen LogP contribution in [0.25, 0.3) is 0 Å². The second-order valence-corrected chi connectivity index (χ2v) is 7.79. The number of rotatable bonds is 2. The summed E-state index contributed by atoms with van der Waals surface area (Å²) in [7, 11) is 1.79. The van der Waals surface area contributed by atoms with Crippen molar-refractivity contribution in [3.8, 4) is 0 Å². The van der Waals surface area contributed by atoms with Crippen molar-refractivity contribution in [3.63, 3.8) is 0 Å². The van der Waals surface area contributed by atoms with Crippen LogP contribution in [0.2, 0.25) is 0 Å². The fraction of sp³-hybridized carbons (Fsp3) is 0.611. The molecule has 9 nitrogen and oxygen atoms in total. The molecular weight excluding hydrogens is 346 g/mol. The molecule has 4 heterocycles. The Bertz CT molecular complexity index is 901. The predicted octanol–water partition coefficient (Wildman–Crippen LogP) is 0.417. The van der Waals surface area contributed by atoms with Gasteiger partial charge in [-0.05, 0) is 26.3 Å². The summed E-state index contributed by atoms with van der Waals surface area (Å²) < 4.78 is 1.63. The highest BCUT2D eigenvalue weighted by atomic mass is 16.2. The molecule has 1 N–H and O–H groups in total. The van der Waals surface area contributed by atoms with Crippen molar-refractivity contribution in [3.05, 3.63) is 29.1 Å². The second-order valence-electron chi connectivity index (χ2n) is 7.79. The molecule has 0 unspecified atom stereocenters. The Morgan fingerprint density at radius 2 is 2.00 bits per heavy atom. The van der Waals surface area contributed by atoms with Crippen molar-refractivity contribution in [2.45, 2.75) is 32.6 Å². The molecule has 0 bridgehead atoms. The van der Waals surface area contributed by atoms with Crippen LogP contribution in [0.3, 0.4) is 0 Å². The number of H-pyrrole nitrogens is 1. The number of nitrogens with zero attached hydrogens (tertiary/aromatic N) is 6. The van der Waals surface area contributed by atoms with E-state index in [1.807, 2.05) is 29.7 Å². The highest BCUT2D eigenvalue weighted by Crippen LogP contribution is 2.44. The maximum atomic E-state index is 13.0. The number of carbonyl (C=O) groups is 2. The predicted molar refractivity (Wildman–Crippen MR) is 97.0 cm³/mol. The molecule has 2 fully saturated rings. The fourth-order valence-corrected chi connectivity index (χ4v) is 4.51. The molecule has 27 heavy (non-hydrogen) atoms. The number of fused-ring (bicyclic) bond motifs is 1. The molecule has 0 aliphatic carbocycles. The van der Waals surface area contributed by atoms with Crippen molar-refractivity contribution < 1.29 is 9.59 Å². The normalized spacial score (nSPS) is 25.0. The average molecular weight is 371 g/mol. The quantitative estimate of drug-likeness (QED) is 0.825. The monoisotopic (exact) mass is 371 g/mol. The number of hydrogen-bond donors (Lipinski definition) is 1. The molecule has 2 atom stereocenters. The van der Waals surface area contributed by atoms with Crippen molar-refractivity contribution in [2.24, 2.45) is 13.0 Å². The molecule has 2 aromatic heterocycles. The molecule has 2 amide bonds. The van der Waals surface area contributed by atoms with Crippen molar-refractivity contribution in [2.75, 3.05) is 26.2 Å². The molecule has 0 spiro atoms. The van der Waals surface area contributed by atoms with E-state index in [-0.39, 0.29) is 23.1 Å². The number of piperidine rings is 1. The van der Waals surface area contributed by atoms with Crippen LogP contribution in [0.5, 0.6) is 0 Å². The van der Waals surface area contributed by atoms with Crippen molar-refractivity contribution in [1.29, 1.82) is 0 Å². The zero-order valence-corrected chi connectivity index (χ0v) is 16.2. The third-order valence-electron chi connectivity index (χ3n) is 5.96. The maximum absolute atomic E-state index is 13.0. The Labute approximate surface area is 157 Å². The first-order valence-electron chi connectivity index (χ1n) is 9.25. The molecule has 0 aromatic carbocycles. The van der Waals surface area contributed by atoms with Crippen LogP contribution >= 0.6 is 0 Å². The molecule has 4 rings (SSSR count). The number of amides is 2. The molecule has 144 valence electrons. The van der Waals surface area contributed by atoms with Gasteiger partial charge >= 0.3 is 0 Å². The summed E-state index contributed by atoms with van der Waals surface area (Å²) in [6, 6.07) is 1.82. The Kier molecular flexibility index (Phi) is 4.05. The molecule has 2 aromatic rings. The zero-order chi connectivity index (χ0) is 19.3. The van der Waals surface area contributed by atoms with Crippen molar-refractivity contribution in [1.82, 2.24) is 34.8 Å². The molecule has 0 saturated carbocycles. The third kappa shape index (κ3) is 2.81. The number of carbonyl (C=O) groups excluding carboxylic acids is 2. The minimum absolute atomic E-state index is 0.0147. The average Bonchev–Trinajstić information content (AvgIpc) is 3.30. The van der Waals surface area contributed by atoms with E-state index >= 15 is 0 Å². The largest absolute Gasteiger partial charge is 0.342 e. The summed E-state index contributed by atoms with van der Waals surface area (Å²) in [5.74, 6) is 1.68. The first kappa shape index (κ1) is 17.7. The molecule has 0 radical (unpaired) electrons. The molecule has 9 heteroatoms. The van der Waals surface area contributed by atoms with Crippen LogP contribution in [-0.2, 0) is 17.3 Å². The van der Waals surface area contributed by atoms with Gasteiger partial charge in [0.1, 0.15) is 11.5 Å². The summed E-state index contributed by atoms with van der Waals surface area (Å²) in [5, 5.41) is 11.6. The molecular formula is C18H25N7O2. The Morgan fingerprint density at radius 1 is 1.26 bits per heavy atom. The Hall–Kier alpha value is -2.71. The number of likely N-dealkylation sites (tertiary alicyclic amines) is 2. The number of aromatic nitrogens is 5. The molecule has 2 saturated heterocycles. The lowest BCUT2D eigenvalue weighted by molar-refractivity contribution is -0.128. The highest BCUT2D eigenvalue weighted by Gasteiger charge is 2.54. The summed E-state index contributed by atoms with van der Waals surface area (Å²) in [6.45, 7) is 7.78. The van der Waals surface area contributed by atoms with E-state index in [0.717, 1.165) is 23.8 Å². The molecule has 2 aliphatic rings. The van der Waals surface area contributed by atoms with Gasteiger partial charge in [-0.2, -0.15) is 10.2 Å². The molecule has 2 aliphatic heterocycles. The highest BCUT2D eigenvalue weighted by molar-refractivity contribution is 5.92. The van der Waals surface area contributed by atoms with E-state index in [1.54, 1.807) is 18.7 Å². The minimum atomic E-state index is -0.296. The van der Waals surface area contributed by atoms with Gasteiger partial charge in [0.25, 0.3) is 5.91 Å². The summed E-state index contributed by atoms with van der Waals surface area (Å²) >= 11 is 0. The summed E-state index contributed by atoms with van der Waals surface area (Å²) in [5.41, 5.74) is 1.12. The van der Waals surface area contributed by atoms with Crippen LogP contribution in [-0.4, -0.2) is 72.8 Å². The number of nitrogens with one attached hydrogen (secondary N) is 1. The third-order valence-corrected chi connectivity index (χ3v) is 5.96. The van der Waals surface area contributed by atoms with E-state index in [9.17, 15) is 9.59 Å². The summed E-state index contributed by atoms with van der Waals surface area (Å²) in [6.07, 6.45) is 0.737. The summed E-state index contributed by atoms with van der Waals surface area (Å²) in [4.78, 5) is 33.4. The fourth-order valence-electron chi connectivity index (χ4n) is 4.51. The van der Waals surface area contributed by atoms with Crippen molar-refractivity contribution >= 4 is 11.8 Å². The van der Waals surface area contributed by atoms with E-state index < -0.39 is 0 Å². The van der Waals surface area contributed by atoms with E-state index in [2.05, 4.69) is 20.3 Å². The second kappa shape index (κ2) is 6.17. The first-order valence-corrected chi connectivity index (χ1v) is 9.25. The van der Waals surface area contributed by atoms with E-state index in [1.165, 1.54) is 0 Å². The van der Waals surface area contributed by atoms with Crippen LogP contribution in [0.15, 0.2) is 6.07 Å². The number of aromatic amines is 1. The van der Waals surface area contributed by atoms with Gasteiger partial charge in [-0.25, -0.2) is 4.98 Å². The Balaban J connectivity index is 1.63. The smallest absolute Gasteiger partial charge is 0.272 e. The lowest BCUT2D eigenvalue weighted by atomic mass is 9.72. The topological polar surface area (TPSA) is 100 Å². The Morgan fingerprint density at radius 3 is 2.59 bits per heavy atom. The van der Waals surface area contributed by atoms with Crippen LogP contribution in [0.4, 0.5) is 0 Å². The van der Waals surface area contributed by atoms with Gasteiger partial charge < -0.3 is 9.80 Å². The van der Waals surface area contributed by atoms with Gasteiger partial charge in [-0.3, -0.25) is 19.4 Å². The minimum Gasteiger partial charge on any atom is -0.342 e. The maximum Gasteiger partial charge on any atom is 0.272 e. The lowest BCUT2D eigenvalue weighted by Gasteiger charge is -2.41. The van der Waals surface area contributed by atoms with Crippen LogP contribution < -0.4 is 0 Å². The van der Waals surface area contributed by atoms with Gasteiger partial charge in [-0.1, -0.05) is 0 Å². The van der Waals surface area contributed by atoms with Crippen LogP contribution in [0, 0.1) is 19.8 Å². The van der Waals surface area contributed by atoms with Gasteiger partial charge in [0.05, 0.1) is 11.1 Å². The van der Waals surface area contributed by atoms with Gasteiger partial charge in [-0.15, -0.1) is 0 Å². The van der Waals surface area contributed by atoms with Gasteiger partial charge in [0.2, 0.25) is 5.91 Å². The zero-order valence-electron chi connectivity index (χ0n) is 16.2. The standard InChI is InChI=1S/C18H25N7O2/c1-11-7-15(23(4)22-11)16(27)24-6-5-18(17-19-12(2)20-21-17)10-25(13(3)26)9-14(18)8-24/h7,14H,5-6,8-10H2,1-4H3,(H,19,20,21)/t14-,18-/m1/s1. The van der Waals surface area contributed by atoms with E-state index in [4.69, 9.17) is 0 Å². The first-order chi connectivity index (χ1) is 12.8. The van der Waals surface area contributed by atoms with Crippen LogP contribution in [0.1, 0.15) is 41.2 Å². The number of aryl methyl sites for hydroxylation is 3. The van der Waals surface area contributed by atoms with Gasteiger partial charge in [0, 0.05) is 46.1 Å². The SMILES string of the molecule is CC(=O)N1C[C@H]2CN(C(=O)c3cc(C)nn3C)CC[C@@]2(c2n[nH]c(C)n2)C1. The van der Waals surface area contributed by atoms with Gasteiger partial charge in [0.15, 0.2) is 5.82 Å². The number of hydrogen-bond acceptors (Lipinski definition) is 5. The van der Waals surface area contributed by atoms with E-state index in [0.29, 0.717) is 31.9 Å².